The SMILES string of the molecule is NCC(c1ccc(Cl)cc1)N1CCOC2CCCC21. The zero-order chi connectivity index (χ0) is 13.2. The van der Waals surface area contributed by atoms with Crippen LogP contribution in [0.2, 0.25) is 5.02 Å². The fraction of sp³-hybridized carbons (Fsp3) is 0.600. The Kier molecular flexibility index (Phi) is 4.08. The monoisotopic (exact) mass is 280 g/mol. The summed E-state index contributed by atoms with van der Waals surface area (Å²) in [6.07, 6.45) is 4.10. The molecule has 0 aromatic heterocycles. The average molecular weight is 281 g/mol. The van der Waals surface area contributed by atoms with Crippen LogP contribution in [0.5, 0.6) is 0 Å². The third-order valence-electron chi connectivity index (χ3n) is 4.40. The Balaban J connectivity index is 1.82. The molecule has 3 atom stereocenters. The minimum absolute atomic E-state index is 0.284. The van der Waals surface area contributed by atoms with Gasteiger partial charge in [0.15, 0.2) is 0 Å². The molecule has 3 rings (SSSR count). The number of hydrogen-bond donors (Lipinski definition) is 1. The van der Waals surface area contributed by atoms with E-state index in [-0.39, 0.29) is 6.04 Å². The van der Waals surface area contributed by atoms with Crippen LogP contribution >= 0.6 is 11.6 Å². The summed E-state index contributed by atoms with van der Waals surface area (Å²) in [6, 6.07) is 8.92. The Morgan fingerprint density at radius 3 is 2.84 bits per heavy atom. The lowest BCUT2D eigenvalue weighted by Crippen LogP contribution is -2.51. The lowest BCUT2D eigenvalue weighted by atomic mass is 10.0. The number of halogens is 1. The number of ether oxygens (including phenoxy) is 1. The quantitative estimate of drug-likeness (QED) is 0.925. The van der Waals surface area contributed by atoms with Gasteiger partial charge in [-0.1, -0.05) is 23.7 Å². The Labute approximate surface area is 119 Å². The highest BCUT2D eigenvalue weighted by molar-refractivity contribution is 6.30. The highest BCUT2D eigenvalue weighted by Gasteiger charge is 2.39. The van der Waals surface area contributed by atoms with Gasteiger partial charge in [-0.15, -0.1) is 0 Å². The summed E-state index contributed by atoms with van der Waals surface area (Å²) < 4.78 is 5.88. The van der Waals surface area contributed by atoms with Gasteiger partial charge in [0.1, 0.15) is 0 Å². The first-order valence-electron chi connectivity index (χ1n) is 7.12. The van der Waals surface area contributed by atoms with Crippen molar-refractivity contribution in [3.05, 3.63) is 34.9 Å². The molecular formula is C15H21ClN2O. The topological polar surface area (TPSA) is 38.5 Å². The summed E-state index contributed by atoms with van der Waals surface area (Å²) in [7, 11) is 0. The number of hydrogen-bond acceptors (Lipinski definition) is 3. The van der Waals surface area contributed by atoms with Crippen LogP contribution in [0.25, 0.3) is 0 Å². The molecule has 0 amide bonds. The molecule has 19 heavy (non-hydrogen) atoms. The Bertz CT molecular complexity index is 423. The second kappa shape index (κ2) is 5.80. The van der Waals surface area contributed by atoms with Crippen molar-refractivity contribution in [3.63, 3.8) is 0 Å². The summed E-state index contributed by atoms with van der Waals surface area (Å²) in [5, 5.41) is 0.778. The van der Waals surface area contributed by atoms with E-state index >= 15 is 0 Å². The second-order valence-corrected chi connectivity index (χ2v) is 5.88. The molecule has 1 aromatic carbocycles. The van der Waals surface area contributed by atoms with E-state index in [2.05, 4.69) is 17.0 Å². The molecule has 1 saturated carbocycles. The Morgan fingerprint density at radius 1 is 1.32 bits per heavy atom. The van der Waals surface area contributed by atoms with Gasteiger partial charge in [0, 0.05) is 30.2 Å². The van der Waals surface area contributed by atoms with Crippen molar-refractivity contribution < 1.29 is 4.74 Å². The van der Waals surface area contributed by atoms with Gasteiger partial charge in [-0.25, -0.2) is 0 Å². The molecule has 1 heterocycles. The molecule has 3 nitrogen and oxygen atoms in total. The largest absolute Gasteiger partial charge is 0.375 e. The fourth-order valence-electron chi connectivity index (χ4n) is 3.49. The van der Waals surface area contributed by atoms with Crippen LogP contribution in [0.3, 0.4) is 0 Å². The Hall–Kier alpha value is -0.610. The van der Waals surface area contributed by atoms with Gasteiger partial charge in [0.2, 0.25) is 0 Å². The molecule has 1 saturated heterocycles. The zero-order valence-electron chi connectivity index (χ0n) is 11.1. The standard InChI is InChI=1S/C15H21ClN2O/c16-12-6-4-11(5-7-12)14(10-17)18-8-9-19-15-3-1-2-13(15)18/h4-7,13-15H,1-3,8-10,17H2. The molecule has 0 bridgehead atoms. The molecular weight excluding hydrogens is 260 g/mol. The van der Waals surface area contributed by atoms with E-state index in [9.17, 15) is 0 Å². The van der Waals surface area contributed by atoms with E-state index in [1.54, 1.807) is 0 Å². The van der Waals surface area contributed by atoms with Gasteiger partial charge in [-0.05, 0) is 37.0 Å². The number of fused-ring (bicyclic) bond motifs is 1. The molecule has 2 fully saturated rings. The summed E-state index contributed by atoms with van der Waals surface area (Å²) in [4.78, 5) is 2.55. The second-order valence-electron chi connectivity index (χ2n) is 5.45. The van der Waals surface area contributed by atoms with Crippen molar-refractivity contribution in [1.82, 2.24) is 4.90 Å². The molecule has 2 aliphatic rings. The van der Waals surface area contributed by atoms with Crippen LogP contribution in [0.1, 0.15) is 30.9 Å². The van der Waals surface area contributed by atoms with E-state index in [1.165, 1.54) is 24.8 Å². The van der Waals surface area contributed by atoms with Crippen LogP contribution in [0, 0.1) is 0 Å². The van der Waals surface area contributed by atoms with Gasteiger partial charge < -0.3 is 10.5 Å². The summed E-state index contributed by atoms with van der Waals surface area (Å²) in [5.41, 5.74) is 7.30. The van der Waals surface area contributed by atoms with Crippen LogP contribution in [-0.2, 0) is 4.74 Å². The highest BCUT2D eigenvalue weighted by atomic mass is 35.5. The predicted molar refractivity (Wildman–Crippen MR) is 77.3 cm³/mol. The maximum atomic E-state index is 6.04. The number of rotatable bonds is 3. The minimum atomic E-state index is 0.284. The van der Waals surface area contributed by atoms with Gasteiger partial charge in [0.05, 0.1) is 12.7 Å². The molecule has 1 aliphatic heterocycles. The lowest BCUT2D eigenvalue weighted by Gasteiger charge is -2.42. The zero-order valence-corrected chi connectivity index (χ0v) is 11.9. The van der Waals surface area contributed by atoms with E-state index in [4.69, 9.17) is 22.1 Å². The van der Waals surface area contributed by atoms with Crippen molar-refractivity contribution in [2.24, 2.45) is 5.73 Å². The van der Waals surface area contributed by atoms with E-state index < -0.39 is 0 Å². The van der Waals surface area contributed by atoms with Gasteiger partial charge in [-0.2, -0.15) is 0 Å². The van der Waals surface area contributed by atoms with Gasteiger partial charge >= 0.3 is 0 Å². The summed E-state index contributed by atoms with van der Waals surface area (Å²) in [5.74, 6) is 0. The molecule has 2 N–H and O–H groups in total. The van der Waals surface area contributed by atoms with Crippen molar-refractivity contribution in [2.75, 3.05) is 19.7 Å². The van der Waals surface area contributed by atoms with Gasteiger partial charge in [0.25, 0.3) is 0 Å². The number of morpholine rings is 1. The summed E-state index contributed by atoms with van der Waals surface area (Å²) in [6.45, 7) is 2.45. The first kappa shape index (κ1) is 13.4. The molecule has 104 valence electrons. The number of nitrogens with zero attached hydrogens (tertiary/aromatic N) is 1. The third-order valence-corrected chi connectivity index (χ3v) is 4.66. The van der Waals surface area contributed by atoms with Crippen molar-refractivity contribution >= 4 is 11.6 Å². The van der Waals surface area contributed by atoms with Crippen LogP contribution in [0.15, 0.2) is 24.3 Å². The van der Waals surface area contributed by atoms with E-state index in [0.29, 0.717) is 18.7 Å². The van der Waals surface area contributed by atoms with E-state index in [0.717, 1.165) is 18.2 Å². The number of benzene rings is 1. The van der Waals surface area contributed by atoms with Crippen LogP contribution in [0.4, 0.5) is 0 Å². The minimum Gasteiger partial charge on any atom is -0.375 e. The molecule has 0 spiro atoms. The average Bonchev–Trinajstić information content (AvgIpc) is 2.91. The van der Waals surface area contributed by atoms with Crippen molar-refractivity contribution in [1.29, 1.82) is 0 Å². The first-order chi connectivity index (χ1) is 9.29. The number of nitrogens with two attached hydrogens (primary N) is 1. The van der Waals surface area contributed by atoms with Crippen LogP contribution in [-0.4, -0.2) is 36.7 Å². The molecule has 1 aromatic rings. The first-order valence-corrected chi connectivity index (χ1v) is 7.50. The van der Waals surface area contributed by atoms with Crippen LogP contribution < -0.4 is 5.73 Å². The van der Waals surface area contributed by atoms with Gasteiger partial charge in [-0.3, -0.25) is 4.90 Å². The Morgan fingerprint density at radius 2 is 2.11 bits per heavy atom. The maximum absolute atomic E-state index is 6.04. The normalized spacial score (nSPS) is 29.2. The predicted octanol–water partition coefficient (Wildman–Crippen LogP) is 2.59. The maximum Gasteiger partial charge on any atom is 0.0731 e. The molecule has 4 heteroatoms. The van der Waals surface area contributed by atoms with E-state index in [1.807, 2.05) is 12.1 Å². The fourth-order valence-corrected chi connectivity index (χ4v) is 3.62. The summed E-state index contributed by atoms with van der Waals surface area (Å²) >= 11 is 5.97. The molecule has 1 aliphatic carbocycles. The van der Waals surface area contributed by atoms with Crippen molar-refractivity contribution in [2.45, 2.75) is 37.5 Å². The third kappa shape index (κ3) is 2.65. The smallest absolute Gasteiger partial charge is 0.0731 e. The molecule has 0 radical (unpaired) electrons. The highest BCUT2D eigenvalue weighted by Crippen LogP contribution is 2.35. The molecule has 3 unspecified atom stereocenters. The lowest BCUT2D eigenvalue weighted by molar-refractivity contribution is -0.0711. The van der Waals surface area contributed by atoms with Crippen molar-refractivity contribution in [3.8, 4) is 0 Å².